The third-order valence-electron chi connectivity index (χ3n) is 1.37. The minimum atomic E-state index is -4.94. The number of nitrogens with zero attached hydrogens (tertiary/aromatic N) is 1. The van der Waals surface area contributed by atoms with Crippen LogP contribution in [0.2, 0.25) is 5.15 Å². The first-order valence-corrected chi connectivity index (χ1v) is 5.06. The van der Waals surface area contributed by atoms with Crippen molar-refractivity contribution in [3.63, 3.8) is 0 Å². The van der Waals surface area contributed by atoms with Gasteiger partial charge in [-0.25, -0.2) is 8.78 Å². The molecule has 0 bridgehead atoms. The van der Waals surface area contributed by atoms with Gasteiger partial charge in [-0.15, -0.1) is 13.2 Å². The van der Waals surface area contributed by atoms with Crippen LogP contribution in [0.4, 0.5) is 22.0 Å². The van der Waals surface area contributed by atoms with Gasteiger partial charge in [0.2, 0.25) is 5.88 Å². The Morgan fingerprint density at radius 2 is 1.94 bits per heavy atom. The van der Waals surface area contributed by atoms with E-state index in [0.29, 0.717) is 0 Å². The Morgan fingerprint density at radius 1 is 1.38 bits per heavy atom. The number of ether oxygens (including phenoxy) is 1. The number of hydrogen-bond acceptors (Lipinski definition) is 2. The summed E-state index contributed by atoms with van der Waals surface area (Å²) in [5, 5.41) is -0.713. The predicted molar refractivity (Wildman–Crippen MR) is 53.6 cm³/mol. The van der Waals surface area contributed by atoms with Crippen molar-refractivity contribution in [3.8, 4) is 5.88 Å². The lowest BCUT2D eigenvalue weighted by atomic mass is 10.3. The topological polar surface area (TPSA) is 22.1 Å². The number of hydrogen-bond donors (Lipinski definition) is 0. The minimum Gasteiger partial charge on any atom is -0.387 e. The summed E-state index contributed by atoms with van der Waals surface area (Å²) in [5.74, 6) is -0.845. The van der Waals surface area contributed by atoms with Crippen LogP contribution in [0, 0.1) is 3.57 Å². The molecule has 0 amide bonds. The molecule has 0 unspecified atom stereocenters. The quantitative estimate of drug-likeness (QED) is 0.441. The van der Waals surface area contributed by atoms with Gasteiger partial charge in [0.05, 0.1) is 9.13 Å². The lowest BCUT2D eigenvalue weighted by Crippen LogP contribution is -2.19. The van der Waals surface area contributed by atoms with Gasteiger partial charge in [0, 0.05) is 0 Å². The fraction of sp³-hybridized carbons (Fsp3) is 0.286. The van der Waals surface area contributed by atoms with Gasteiger partial charge in [0.15, 0.2) is 0 Å². The molecular weight excluding hydrogens is 371 g/mol. The van der Waals surface area contributed by atoms with E-state index in [2.05, 4.69) is 9.72 Å². The van der Waals surface area contributed by atoms with E-state index in [-0.39, 0.29) is 3.57 Å². The van der Waals surface area contributed by atoms with Gasteiger partial charge in [0.25, 0.3) is 6.43 Å². The molecule has 0 N–H and O–H groups in total. The normalized spacial score (nSPS) is 12.0. The average Bonchev–Trinajstić information content (AvgIpc) is 2.07. The second-order valence-corrected chi connectivity index (χ2v) is 4.02. The van der Waals surface area contributed by atoms with Gasteiger partial charge >= 0.3 is 6.36 Å². The molecule has 0 aliphatic carbocycles. The maximum atomic E-state index is 12.3. The second-order valence-electron chi connectivity index (χ2n) is 2.50. The molecule has 0 fully saturated rings. The highest BCUT2D eigenvalue weighted by atomic mass is 127. The molecule has 9 heteroatoms. The summed E-state index contributed by atoms with van der Waals surface area (Å²) in [6.45, 7) is 0. The number of pyridine rings is 1. The second kappa shape index (κ2) is 4.86. The van der Waals surface area contributed by atoms with Crippen LogP contribution < -0.4 is 4.74 Å². The molecule has 0 atom stereocenters. The molecule has 2 nitrogen and oxygen atoms in total. The van der Waals surface area contributed by atoms with Crippen LogP contribution in [0.5, 0.6) is 5.88 Å². The van der Waals surface area contributed by atoms with Crippen molar-refractivity contribution in [2.45, 2.75) is 12.8 Å². The Labute approximate surface area is 105 Å². The molecule has 1 aromatic rings. The van der Waals surface area contributed by atoms with E-state index in [9.17, 15) is 22.0 Å². The van der Waals surface area contributed by atoms with Gasteiger partial charge in [0.1, 0.15) is 5.15 Å². The lowest BCUT2D eigenvalue weighted by Gasteiger charge is -2.11. The summed E-state index contributed by atoms with van der Waals surface area (Å²) in [4.78, 5) is 3.11. The highest BCUT2D eigenvalue weighted by Crippen LogP contribution is 2.33. The van der Waals surface area contributed by atoms with Crippen molar-refractivity contribution >= 4 is 34.2 Å². The van der Waals surface area contributed by atoms with Gasteiger partial charge < -0.3 is 4.74 Å². The molecule has 0 spiro atoms. The summed E-state index contributed by atoms with van der Waals surface area (Å²) in [6.07, 6.45) is -7.85. The Morgan fingerprint density at radius 3 is 2.38 bits per heavy atom. The monoisotopic (exact) mass is 373 g/mol. The van der Waals surface area contributed by atoms with E-state index in [0.717, 1.165) is 6.07 Å². The zero-order chi connectivity index (χ0) is 12.5. The van der Waals surface area contributed by atoms with Gasteiger partial charge in [-0.1, -0.05) is 11.6 Å². The highest BCUT2D eigenvalue weighted by Gasteiger charge is 2.33. The van der Waals surface area contributed by atoms with Crippen molar-refractivity contribution in [3.05, 3.63) is 20.4 Å². The molecule has 90 valence electrons. The number of rotatable bonds is 2. The molecule has 0 saturated heterocycles. The Balaban J connectivity index is 3.11. The van der Waals surface area contributed by atoms with Crippen LogP contribution in [-0.2, 0) is 0 Å². The number of halogens is 7. The first-order chi connectivity index (χ1) is 7.20. The fourth-order valence-corrected chi connectivity index (χ4v) is 1.58. The molecule has 0 saturated carbocycles. The summed E-state index contributed by atoms with van der Waals surface area (Å²) in [6, 6.07) is 0.793. The summed E-state index contributed by atoms with van der Waals surface area (Å²) in [7, 11) is 0. The zero-order valence-electron chi connectivity index (χ0n) is 7.16. The Bertz CT molecular complexity index is 397. The van der Waals surface area contributed by atoms with E-state index in [1.807, 2.05) is 0 Å². The van der Waals surface area contributed by atoms with Crippen LogP contribution in [0.25, 0.3) is 0 Å². The molecule has 1 aromatic heterocycles. The van der Waals surface area contributed by atoms with E-state index < -0.39 is 29.4 Å². The number of alkyl halides is 5. The summed E-state index contributed by atoms with van der Waals surface area (Å²) in [5.41, 5.74) is -0.638. The van der Waals surface area contributed by atoms with Crippen molar-refractivity contribution in [1.29, 1.82) is 0 Å². The van der Waals surface area contributed by atoms with Crippen molar-refractivity contribution in [2.24, 2.45) is 0 Å². The molecule has 16 heavy (non-hydrogen) atoms. The Hall–Kier alpha value is -0.380. The molecule has 1 heterocycles. The first kappa shape index (κ1) is 13.7. The fourth-order valence-electron chi connectivity index (χ4n) is 0.799. The third kappa shape index (κ3) is 3.58. The van der Waals surface area contributed by atoms with Crippen LogP contribution >= 0.6 is 34.2 Å². The molecule has 0 aromatic carbocycles. The van der Waals surface area contributed by atoms with E-state index >= 15 is 0 Å². The minimum absolute atomic E-state index is 0.199. The Kier molecular flexibility index (Phi) is 4.16. The molecule has 0 aliphatic heterocycles. The maximum Gasteiger partial charge on any atom is 0.574 e. The van der Waals surface area contributed by atoms with Crippen LogP contribution in [0.3, 0.4) is 0 Å². The highest BCUT2D eigenvalue weighted by molar-refractivity contribution is 14.1. The van der Waals surface area contributed by atoms with E-state index in [1.165, 1.54) is 22.6 Å². The van der Waals surface area contributed by atoms with Crippen LogP contribution in [0.1, 0.15) is 12.0 Å². The molecule has 1 rings (SSSR count). The standard InChI is InChI=1S/C7H2ClF5INO/c8-4-2(5(9)10)1-3(14)6(15-4)16-7(11,12)13/h1,5H. The predicted octanol–water partition coefficient (Wildman–Crippen LogP) is 4.18. The van der Waals surface area contributed by atoms with Crippen LogP contribution in [-0.4, -0.2) is 11.3 Å². The average molecular weight is 373 g/mol. The van der Waals surface area contributed by atoms with Gasteiger partial charge in [-0.2, -0.15) is 4.98 Å². The van der Waals surface area contributed by atoms with E-state index in [4.69, 9.17) is 11.6 Å². The first-order valence-electron chi connectivity index (χ1n) is 3.60. The van der Waals surface area contributed by atoms with E-state index in [1.54, 1.807) is 0 Å². The summed E-state index contributed by atoms with van der Waals surface area (Å²) < 4.78 is 63.4. The van der Waals surface area contributed by atoms with Crippen LogP contribution in [0.15, 0.2) is 6.07 Å². The van der Waals surface area contributed by atoms with Gasteiger partial charge in [-0.05, 0) is 28.7 Å². The zero-order valence-corrected chi connectivity index (χ0v) is 10.1. The van der Waals surface area contributed by atoms with Crippen molar-refractivity contribution < 1.29 is 26.7 Å². The van der Waals surface area contributed by atoms with Crippen molar-refractivity contribution in [1.82, 2.24) is 4.98 Å². The lowest BCUT2D eigenvalue weighted by molar-refractivity contribution is -0.276. The maximum absolute atomic E-state index is 12.3. The third-order valence-corrected chi connectivity index (χ3v) is 2.45. The largest absolute Gasteiger partial charge is 0.574 e. The van der Waals surface area contributed by atoms with Crippen molar-refractivity contribution in [2.75, 3.05) is 0 Å². The molecular formula is C7H2ClF5INO. The van der Waals surface area contributed by atoms with Gasteiger partial charge in [-0.3, -0.25) is 0 Å². The summed E-state index contributed by atoms with van der Waals surface area (Å²) >= 11 is 6.68. The molecule has 0 aliphatic rings. The molecule has 0 radical (unpaired) electrons. The SMILES string of the molecule is FC(F)c1cc(I)c(OC(F)(F)F)nc1Cl. The number of aromatic nitrogens is 1. The smallest absolute Gasteiger partial charge is 0.387 e.